The lowest BCUT2D eigenvalue weighted by Crippen LogP contribution is -2.55. The zero-order valence-electron chi connectivity index (χ0n) is 14.9. The van der Waals surface area contributed by atoms with E-state index < -0.39 is 23.6 Å². The summed E-state index contributed by atoms with van der Waals surface area (Å²) in [6.07, 6.45) is 1.55. The van der Waals surface area contributed by atoms with Crippen LogP contribution in [0, 0.1) is 0 Å². The first-order valence-corrected chi connectivity index (χ1v) is 9.02. The second-order valence-electron chi connectivity index (χ2n) is 6.84. The molecule has 2 amide bonds. The average Bonchev–Trinajstić information content (AvgIpc) is 3.21. The molecule has 0 saturated carbocycles. The van der Waals surface area contributed by atoms with Gasteiger partial charge in [-0.05, 0) is 31.2 Å². The molecule has 7 heteroatoms. The number of aliphatic carboxylic acids is 1. The van der Waals surface area contributed by atoms with Crippen LogP contribution >= 0.6 is 0 Å². The van der Waals surface area contributed by atoms with Crippen molar-refractivity contribution in [3.05, 3.63) is 35.9 Å². The molecule has 1 spiro atoms. The number of hydrogen-bond donors (Lipinski definition) is 1. The molecule has 0 radical (unpaired) electrons. The summed E-state index contributed by atoms with van der Waals surface area (Å²) in [5, 5.41) is 9.37. The minimum atomic E-state index is -1.01. The van der Waals surface area contributed by atoms with Crippen LogP contribution < -0.4 is 0 Å². The monoisotopic (exact) mass is 360 g/mol. The van der Waals surface area contributed by atoms with Gasteiger partial charge in [0.05, 0.1) is 0 Å². The number of carboxylic acid groups (broad SMARTS) is 1. The van der Waals surface area contributed by atoms with Crippen molar-refractivity contribution in [1.29, 1.82) is 0 Å². The minimum Gasteiger partial charge on any atom is -0.480 e. The molecule has 0 bridgehead atoms. The van der Waals surface area contributed by atoms with Crippen LogP contribution in [0.15, 0.2) is 30.3 Å². The lowest BCUT2D eigenvalue weighted by molar-refractivity contribution is -0.151. The molecule has 7 nitrogen and oxygen atoms in total. The Balaban J connectivity index is 1.72. The SMILES string of the molecule is CC[C@@H](C(=O)O)N1CCC2(CCCN2C(=O)OCc2ccccc2)C1=O. The zero-order chi connectivity index (χ0) is 18.7. The van der Waals surface area contributed by atoms with Crippen LogP contribution in [0.3, 0.4) is 0 Å². The van der Waals surface area contributed by atoms with Gasteiger partial charge in [0.1, 0.15) is 18.2 Å². The quantitative estimate of drug-likeness (QED) is 0.870. The van der Waals surface area contributed by atoms with Crippen molar-refractivity contribution in [2.75, 3.05) is 13.1 Å². The summed E-state index contributed by atoms with van der Waals surface area (Å²) in [7, 11) is 0. The van der Waals surface area contributed by atoms with Crippen molar-refractivity contribution in [2.24, 2.45) is 0 Å². The van der Waals surface area contributed by atoms with Gasteiger partial charge in [0.25, 0.3) is 0 Å². The maximum atomic E-state index is 13.0. The van der Waals surface area contributed by atoms with Crippen LogP contribution in [0.5, 0.6) is 0 Å². The summed E-state index contributed by atoms with van der Waals surface area (Å²) in [6.45, 7) is 2.71. The van der Waals surface area contributed by atoms with Crippen LogP contribution in [-0.2, 0) is 20.9 Å². The number of ether oxygens (including phenoxy) is 1. The number of benzene rings is 1. The molecular weight excluding hydrogens is 336 g/mol. The van der Waals surface area contributed by atoms with Gasteiger partial charge < -0.3 is 14.7 Å². The average molecular weight is 360 g/mol. The van der Waals surface area contributed by atoms with Crippen LogP contribution in [0.1, 0.15) is 38.2 Å². The lowest BCUT2D eigenvalue weighted by atomic mass is 9.94. The molecule has 1 unspecified atom stereocenters. The molecule has 1 aromatic rings. The summed E-state index contributed by atoms with van der Waals surface area (Å²) in [5.41, 5.74) is -0.0678. The number of carboxylic acids is 1. The van der Waals surface area contributed by atoms with Crippen molar-refractivity contribution < 1.29 is 24.2 Å². The first-order valence-electron chi connectivity index (χ1n) is 9.02. The highest BCUT2D eigenvalue weighted by Gasteiger charge is 2.57. The van der Waals surface area contributed by atoms with E-state index >= 15 is 0 Å². The minimum absolute atomic E-state index is 0.150. The lowest BCUT2D eigenvalue weighted by Gasteiger charge is -2.33. The number of carbonyl (C=O) groups excluding carboxylic acids is 2. The molecule has 2 heterocycles. The highest BCUT2D eigenvalue weighted by atomic mass is 16.6. The molecule has 2 fully saturated rings. The largest absolute Gasteiger partial charge is 0.480 e. The second-order valence-corrected chi connectivity index (χ2v) is 6.84. The Bertz CT molecular complexity index is 692. The number of rotatable bonds is 5. The van der Waals surface area contributed by atoms with Gasteiger partial charge in [-0.2, -0.15) is 0 Å². The standard InChI is InChI=1S/C19H24N2O5/c1-2-15(16(22)23)20-12-10-19(17(20)24)9-6-11-21(19)18(25)26-13-14-7-4-3-5-8-14/h3-5,7-8,15H,2,6,9-13H2,1H3,(H,22,23)/t15-,19?/m0/s1. The molecule has 1 N–H and O–H groups in total. The fourth-order valence-electron chi connectivity index (χ4n) is 4.03. The molecule has 26 heavy (non-hydrogen) atoms. The third-order valence-electron chi connectivity index (χ3n) is 5.39. The highest BCUT2D eigenvalue weighted by Crippen LogP contribution is 2.40. The van der Waals surface area contributed by atoms with Gasteiger partial charge in [0.2, 0.25) is 5.91 Å². The van der Waals surface area contributed by atoms with Crippen LogP contribution in [0.2, 0.25) is 0 Å². The Labute approximate surface area is 152 Å². The fourth-order valence-corrected chi connectivity index (χ4v) is 4.03. The van der Waals surface area contributed by atoms with E-state index in [1.807, 2.05) is 30.3 Å². The summed E-state index contributed by atoms with van der Waals surface area (Å²) in [6, 6.07) is 8.53. The van der Waals surface area contributed by atoms with E-state index in [9.17, 15) is 19.5 Å². The van der Waals surface area contributed by atoms with Gasteiger partial charge in [0.15, 0.2) is 0 Å². The van der Waals surface area contributed by atoms with Gasteiger partial charge in [-0.1, -0.05) is 37.3 Å². The van der Waals surface area contributed by atoms with E-state index in [1.165, 1.54) is 9.80 Å². The molecule has 0 aliphatic carbocycles. The first kappa shape index (κ1) is 18.2. The van der Waals surface area contributed by atoms with Crippen molar-refractivity contribution in [3.8, 4) is 0 Å². The molecule has 140 valence electrons. The Morgan fingerprint density at radius 1 is 1.23 bits per heavy atom. The van der Waals surface area contributed by atoms with Gasteiger partial charge in [-0.3, -0.25) is 9.69 Å². The van der Waals surface area contributed by atoms with E-state index in [-0.39, 0.29) is 12.5 Å². The maximum absolute atomic E-state index is 13.0. The third-order valence-corrected chi connectivity index (χ3v) is 5.39. The fraction of sp³-hybridized carbons (Fsp3) is 0.526. The van der Waals surface area contributed by atoms with Crippen molar-refractivity contribution in [3.63, 3.8) is 0 Å². The number of hydrogen-bond acceptors (Lipinski definition) is 4. The smallest absolute Gasteiger partial charge is 0.411 e. The normalized spacial score (nSPS) is 23.5. The number of amides is 2. The van der Waals surface area contributed by atoms with Crippen molar-refractivity contribution >= 4 is 18.0 Å². The molecular formula is C19H24N2O5. The summed E-state index contributed by atoms with van der Waals surface area (Å²) < 4.78 is 5.42. The van der Waals surface area contributed by atoms with E-state index in [0.29, 0.717) is 38.8 Å². The van der Waals surface area contributed by atoms with E-state index in [0.717, 1.165) is 5.56 Å². The maximum Gasteiger partial charge on any atom is 0.411 e. The van der Waals surface area contributed by atoms with Gasteiger partial charge in [0, 0.05) is 13.1 Å². The topological polar surface area (TPSA) is 87.2 Å². The number of carbonyl (C=O) groups is 3. The van der Waals surface area contributed by atoms with Crippen molar-refractivity contribution in [2.45, 2.75) is 50.8 Å². The van der Waals surface area contributed by atoms with Gasteiger partial charge in [-0.25, -0.2) is 9.59 Å². The first-order chi connectivity index (χ1) is 12.5. The van der Waals surface area contributed by atoms with Crippen LogP contribution in [0.25, 0.3) is 0 Å². The highest BCUT2D eigenvalue weighted by molar-refractivity contribution is 5.95. The summed E-state index contributed by atoms with van der Waals surface area (Å²) in [4.78, 5) is 40.0. The van der Waals surface area contributed by atoms with E-state index in [1.54, 1.807) is 6.92 Å². The Morgan fingerprint density at radius 3 is 2.62 bits per heavy atom. The zero-order valence-corrected chi connectivity index (χ0v) is 14.9. The van der Waals surface area contributed by atoms with Crippen LogP contribution in [-0.4, -0.2) is 57.5 Å². The van der Waals surface area contributed by atoms with Gasteiger partial charge in [-0.15, -0.1) is 0 Å². The summed E-state index contributed by atoms with van der Waals surface area (Å²) >= 11 is 0. The van der Waals surface area contributed by atoms with Gasteiger partial charge >= 0.3 is 12.1 Å². The number of likely N-dealkylation sites (tertiary alicyclic amines) is 2. The predicted molar refractivity (Wildman–Crippen MR) is 93.3 cm³/mol. The van der Waals surface area contributed by atoms with Crippen molar-refractivity contribution in [1.82, 2.24) is 9.80 Å². The molecule has 2 saturated heterocycles. The Morgan fingerprint density at radius 2 is 1.96 bits per heavy atom. The molecule has 2 aliphatic rings. The molecule has 0 aromatic heterocycles. The van der Waals surface area contributed by atoms with Crippen LogP contribution in [0.4, 0.5) is 4.79 Å². The predicted octanol–water partition coefficient (Wildman–Crippen LogP) is 2.25. The Hall–Kier alpha value is -2.57. The molecule has 2 aliphatic heterocycles. The van der Waals surface area contributed by atoms with E-state index in [2.05, 4.69) is 0 Å². The molecule has 2 atom stereocenters. The van der Waals surface area contributed by atoms with E-state index in [4.69, 9.17) is 4.74 Å². The number of nitrogens with zero attached hydrogens (tertiary/aromatic N) is 2. The molecule has 3 rings (SSSR count). The molecule has 1 aromatic carbocycles. The second kappa shape index (κ2) is 7.35. The summed E-state index contributed by atoms with van der Waals surface area (Å²) in [5.74, 6) is -1.27. The third kappa shape index (κ3) is 3.13. The Kier molecular flexibility index (Phi) is 5.15.